The molecule has 4 nitrogen and oxygen atoms in total. The van der Waals surface area contributed by atoms with Crippen molar-refractivity contribution in [3.05, 3.63) is 69.8 Å². The highest BCUT2D eigenvalue weighted by Crippen LogP contribution is 2.47. The maximum Gasteiger partial charge on any atom is 0.227 e. The molecule has 0 spiro atoms. The van der Waals surface area contributed by atoms with E-state index in [0.29, 0.717) is 35.7 Å². The van der Waals surface area contributed by atoms with Crippen molar-refractivity contribution in [2.75, 3.05) is 10.2 Å². The van der Waals surface area contributed by atoms with Crippen molar-refractivity contribution in [3.63, 3.8) is 0 Å². The van der Waals surface area contributed by atoms with Gasteiger partial charge in [0.05, 0.1) is 23.3 Å². The number of fused-ring (bicyclic) bond motifs is 2. The molecule has 2 aliphatic rings. The lowest BCUT2D eigenvalue weighted by atomic mass is 9.81. The molecule has 1 N–H and O–H groups in total. The van der Waals surface area contributed by atoms with Crippen LogP contribution in [0.15, 0.2) is 54.2 Å². The van der Waals surface area contributed by atoms with Crippen molar-refractivity contribution >= 4 is 46.3 Å². The normalized spacial score (nSPS) is 20.9. The molecule has 0 bridgehead atoms. The Morgan fingerprint density at radius 2 is 2.00 bits per heavy atom. The lowest BCUT2D eigenvalue weighted by Gasteiger charge is -2.37. The molecule has 0 saturated heterocycles. The van der Waals surface area contributed by atoms with E-state index in [1.54, 1.807) is 17.0 Å². The summed E-state index contributed by atoms with van der Waals surface area (Å²) in [6.45, 7) is 1.97. The number of allylic oxidation sites excluding steroid dienone is 1. The van der Waals surface area contributed by atoms with Gasteiger partial charge in [-0.1, -0.05) is 54.4 Å². The molecule has 2 aromatic rings. The van der Waals surface area contributed by atoms with Gasteiger partial charge >= 0.3 is 0 Å². The standard InChI is InChI=1S/C23H22Cl2N2O2/c1-2-6-21(29)27-19-9-4-3-7-17(19)26-18-8-5-10-20(28)22(18)23(27)15-12-11-14(24)13-16(15)25/h3-4,7-9,11-13,22-23,26H,2,5-6,10H2,1H3/t22-,23+/m0/s1. The number of carbonyl (C=O) groups excluding carboxylic acids is 2. The van der Waals surface area contributed by atoms with Gasteiger partial charge in [0.25, 0.3) is 0 Å². The van der Waals surface area contributed by atoms with Gasteiger partial charge < -0.3 is 10.2 Å². The topological polar surface area (TPSA) is 49.4 Å². The number of hydrogen-bond donors (Lipinski definition) is 1. The number of halogens is 2. The van der Waals surface area contributed by atoms with Crippen LogP contribution >= 0.6 is 23.2 Å². The third-order valence-corrected chi connectivity index (χ3v) is 6.05. The van der Waals surface area contributed by atoms with E-state index < -0.39 is 12.0 Å². The first-order valence-corrected chi connectivity index (χ1v) is 10.6. The van der Waals surface area contributed by atoms with Crippen LogP contribution in [0.5, 0.6) is 0 Å². The Bertz CT molecular complexity index is 1000. The van der Waals surface area contributed by atoms with Crippen LogP contribution in [0, 0.1) is 5.92 Å². The lowest BCUT2D eigenvalue weighted by Crippen LogP contribution is -2.42. The molecule has 29 heavy (non-hydrogen) atoms. The zero-order chi connectivity index (χ0) is 20.5. The van der Waals surface area contributed by atoms with E-state index in [0.717, 1.165) is 22.6 Å². The number of nitrogens with zero attached hydrogens (tertiary/aromatic N) is 1. The van der Waals surface area contributed by atoms with Gasteiger partial charge in [0.1, 0.15) is 5.78 Å². The fourth-order valence-electron chi connectivity index (χ4n) is 4.23. The van der Waals surface area contributed by atoms with Crippen molar-refractivity contribution in [2.45, 2.75) is 38.6 Å². The Morgan fingerprint density at radius 3 is 2.76 bits per heavy atom. The van der Waals surface area contributed by atoms with Crippen molar-refractivity contribution in [1.29, 1.82) is 0 Å². The predicted octanol–water partition coefficient (Wildman–Crippen LogP) is 6.16. The first-order chi connectivity index (χ1) is 14.0. The van der Waals surface area contributed by atoms with Crippen LogP contribution in [-0.4, -0.2) is 11.7 Å². The van der Waals surface area contributed by atoms with Crippen LogP contribution in [-0.2, 0) is 9.59 Å². The molecular formula is C23H22Cl2N2O2. The number of nitrogens with one attached hydrogen (secondary N) is 1. The van der Waals surface area contributed by atoms with Gasteiger partial charge in [0.15, 0.2) is 0 Å². The van der Waals surface area contributed by atoms with E-state index in [1.165, 1.54) is 0 Å². The molecule has 6 heteroatoms. The molecule has 0 aromatic heterocycles. The number of carbonyl (C=O) groups is 2. The molecule has 0 saturated carbocycles. The number of ketones is 1. The van der Waals surface area contributed by atoms with Gasteiger partial charge in [-0.2, -0.15) is 0 Å². The molecular weight excluding hydrogens is 407 g/mol. The van der Waals surface area contributed by atoms with E-state index >= 15 is 0 Å². The smallest absolute Gasteiger partial charge is 0.227 e. The second-order valence-electron chi connectivity index (χ2n) is 7.41. The average Bonchev–Trinajstić information content (AvgIpc) is 2.83. The largest absolute Gasteiger partial charge is 0.357 e. The van der Waals surface area contributed by atoms with Crippen molar-refractivity contribution in [1.82, 2.24) is 0 Å². The maximum absolute atomic E-state index is 13.4. The summed E-state index contributed by atoms with van der Waals surface area (Å²) in [6.07, 6.45) is 4.30. The summed E-state index contributed by atoms with van der Waals surface area (Å²) in [5.41, 5.74) is 3.13. The second kappa shape index (κ2) is 8.21. The molecule has 1 aliphatic heterocycles. The van der Waals surface area contributed by atoms with Crippen molar-refractivity contribution in [3.8, 4) is 0 Å². The summed E-state index contributed by atoms with van der Waals surface area (Å²) >= 11 is 12.7. The van der Waals surface area contributed by atoms with Gasteiger partial charge in [-0.05, 0) is 42.7 Å². The fourth-order valence-corrected chi connectivity index (χ4v) is 4.75. The van der Waals surface area contributed by atoms with Crippen molar-refractivity contribution < 1.29 is 9.59 Å². The van der Waals surface area contributed by atoms with E-state index in [-0.39, 0.29) is 11.7 Å². The quantitative estimate of drug-likeness (QED) is 0.636. The van der Waals surface area contributed by atoms with E-state index in [4.69, 9.17) is 23.2 Å². The van der Waals surface area contributed by atoms with Crippen LogP contribution in [0.25, 0.3) is 0 Å². The molecule has 4 rings (SSSR count). The molecule has 2 aromatic carbocycles. The maximum atomic E-state index is 13.4. The zero-order valence-corrected chi connectivity index (χ0v) is 17.6. The number of rotatable bonds is 3. The molecule has 150 valence electrons. The first-order valence-electron chi connectivity index (χ1n) is 9.87. The number of Topliss-reactive ketones (excluding diaryl/α,β-unsaturated/α-hetero) is 1. The lowest BCUT2D eigenvalue weighted by molar-refractivity contribution is -0.123. The van der Waals surface area contributed by atoms with Gasteiger partial charge in [-0.15, -0.1) is 0 Å². The van der Waals surface area contributed by atoms with Gasteiger partial charge in [0.2, 0.25) is 5.91 Å². The van der Waals surface area contributed by atoms with Crippen LogP contribution in [0.2, 0.25) is 10.0 Å². The van der Waals surface area contributed by atoms with E-state index in [9.17, 15) is 9.59 Å². The predicted molar refractivity (Wildman–Crippen MR) is 117 cm³/mol. The van der Waals surface area contributed by atoms with Crippen molar-refractivity contribution in [2.24, 2.45) is 5.92 Å². The van der Waals surface area contributed by atoms with E-state index in [2.05, 4.69) is 11.4 Å². The molecule has 0 fully saturated rings. The van der Waals surface area contributed by atoms with Crippen LogP contribution in [0.3, 0.4) is 0 Å². The van der Waals surface area contributed by atoms with Crippen LogP contribution in [0.1, 0.15) is 44.2 Å². The summed E-state index contributed by atoms with van der Waals surface area (Å²) in [4.78, 5) is 28.2. The van der Waals surface area contributed by atoms with Gasteiger partial charge in [0, 0.05) is 28.6 Å². The van der Waals surface area contributed by atoms with Crippen LogP contribution in [0.4, 0.5) is 11.4 Å². The summed E-state index contributed by atoms with van der Waals surface area (Å²) < 4.78 is 0. The molecule has 2 atom stereocenters. The molecule has 0 radical (unpaired) electrons. The minimum Gasteiger partial charge on any atom is -0.357 e. The zero-order valence-electron chi connectivity index (χ0n) is 16.1. The highest BCUT2D eigenvalue weighted by atomic mass is 35.5. The summed E-state index contributed by atoms with van der Waals surface area (Å²) in [5.74, 6) is -0.429. The highest BCUT2D eigenvalue weighted by Gasteiger charge is 2.43. The summed E-state index contributed by atoms with van der Waals surface area (Å²) in [6, 6.07) is 12.4. The molecule has 1 aliphatic carbocycles. The number of para-hydroxylation sites is 2. The Kier molecular flexibility index (Phi) is 5.66. The minimum absolute atomic E-state index is 0.0302. The monoisotopic (exact) mass is 428 g/mol. The second-order valence-corrected chi connectivity index (χ2v) is 8.25. The molecule has 1 heterocycles. The number of benzene rings is 2. The number of amides is 1. The number of hydrogen-bond acceptors (Lipinski definition) is 3. The summed E-state index contributed by atoms with van der Waals surface area (Å²) in [5, 5.41) is 4.40. The number of anilines is 2. The minimum atomic E-state index is -0.533. The highest BCUT2D eigenvalue weighted by molar-refractivity contribution is 6.35. The summed E-state index contributed by atoms with van der Waals surface area (Å²) in [7, 11) is 0. The average molecular weight is 429 g/mol. The first kappa shape index (κ1) is 20.0. The molecule has 1 amide bonds. The Balaban J connectivity index is 1.99. The van der Waals surface area contributed by atoms with Gasteiger partial charge in [-0.25, -0.2) is 0 Å². The van der Waals surface area contributed by atoms with Crippen LogP contribution < -0.4 is 10.2 Å². The third kappa shape index (κ3) is 3.67. The van der Waals surface area contributed by atoms with Gasteiger partial charge in [-0.3, -0.25) is 9.59 Å². The molecule has 0 unspecified atom stereocenters. The Hall–Kier alpha value is -2.30. The Morgan fingerprint density at radius 1 is 1.21 bits per heavy atom. The fraction of sp³-hybridized carbons (Fsp3) is 0.304. The van der Waals surface area contributed by atoms with E-state index in [1.807, 2.05) is 37.3 Å². The third-order valence-electron chi connectivity index (χ3n) is 5.49. The Labute approximate surface area is 180 Å². The SMILES string of the molecule is CCCC(=O)N1c2ccccc2NC2=CCCC(=O)[C@H]2[C@H]1c1ccc(Cl)cc1Cl.